The molecule has 2 amide bonds. The zero-order valence-electron chi connectivity index (χ0n) is 27.6. The van der Waals surface area contributed by atoms with Gasteiger partial charge in [-0.05, 0) is 73.1 Å². The molecule has 0 aliphatic carbocycles. The Balaban J connectivity index is 1.89. The highest BCUT2D eigenvalue weighted by atomic mass is 32.2. The largest absolute Gasteiger partial charge is 0.390 e. The zero-order valence-corrected chi connectivity index (χ0v) is 28.4. The van der Waals surface area contributed by atoms with Crippen molar-refractivity contribution in [3.8, 4) is 0 Å². The van der Waals surface area contributed by atoms with Crippen LogP contribution in [0.15, 0.2) is 66.7 Å². The fourth-order valence-corrected chi connectivity index (χ4v) is 7.66. The van der Waals surface area contributed by atoms with Crippen LogP contribution in [0.1, 0.15) is 72.6 Å². The van der Waals surface area contributed by atoms with Gasteiger partial charge in [-0.2, -0.15) is 0 Å². The predicted molar refractivity (Wildman–Crippen MR) is 181 cm³/mol. The normalized spacial score (nSPS) is 14.2. The van der Waals surface area contributed by atoms with Gasteiger partial charge in [0.2, 0.25) is 5.91 Å². The number of aryl methyl sites for hydroxylation is 2. The van der Waals surface area contributed by atoms with Crippen LogP contribution in [0.2, 0.25) is 0 Å². The molecule has 0 aliphatic heterocycles. The number of benzene rings is 3. The van der Waals surface area contributed by atoms with Gasteiger partial charge in [-0.3, -0.25) is 9.59 Å². The number of rotatable bonds is 18. The summed E-state index contributed by atoms with van der Waals surface area (Å²) in [5.41, 5.74) is 3.25. The van der Waals surface area contributed by atoms with Crippen molar-refractivity contribution in [1.29, 1.82) is 0 Å². The second kappa shape index (κ2) is 18.0. The van der Waals surface area contributed by atoms with E-state index in [1.54, 1.807) is 38.1 Å². The maximum absolute atomic E-state index is 14.1. The molecule has 0 bridgehead atoms. The van der Waals surface area contributed by atoms with E-state index in [4.69, 9.17) is 0 Å². The number of sulfone groups is 1. The van der Waals surface area contributed by atoms with Gasteiger partial charge in [0.25, 0.3) is 5.91 Å². The van der Waals surface area contributed by atoms with Crippen LogP contribution in [0, 0.1) is 18.6 Å². The lowest BCUT2D eigenvalue weighted by atomic mass is 10.00. The van der Waals surface area contributed by atoms with E-state index in [0.717, 1.165) is 35.7 Å². The molecule has 0 fully saturated rings. The summed E-state index contributed by atoms with van der Waals surface area (Å²) in [5.74, 6) is -3.74. The van der Waals surface area contributed by atoms with Crippen LogP contribution in [0.5, 0.6) is 0 Å². The van der Waals surface area contributed by atoms with Gasteiger partial charge >= 0.3 is 0 Å². The van der Waals surface area contributed by atoms with Crippen LogP contribution >= 0.6 is 0 Å². The van der Waals surface area contributed by atoms with E-state index >= 15 is 0 Å². The fourth-order valence-electron chi connectivity index (χ4n) is 5.59. The lowest BCUT2D eigenvalue weighted by Gasteiger charge is -2.28. The number of amides is 2. The summed E-state index contributed by atoms with van der Waals surface area (Å²) in [4.78, 5) is 27.2. The van der Waals surface area contributed by atoms with Gasteiger partial charge in [-0.15, -0.1) is 0 Å². The summed E-state index contributed by atoms with van der Waals surface area (Å²) in [6.07, 6.45) is 0.829. The van der Waals surface area contributed by atoms with Gasteiger partial charge in [-0.25, -0.2) is 17.2 Å². The standard InChI is InChI=1S/C36H47F2N3O5S/c1-5-11-30(7-3)47(45,46)23-33(41-35(43)31-15-9-8-12-24(31)4)36(44)40-32(19-27-17-28(37)20-29(38)18-27)34(42)22-39-21-26-14-10-13-25(6-2)16-26/h8-10,12-18,20,30,32-34,39,42H,5-7,11,19,21-23H2,1-4H3,(H,40,44)(H,41,43)/t30?,32-,33-,34+/m0/s1. The molecule has 0 saturated heterocycles. The van der Waals surface area contributed by atoms with Crippen LogP contribution in [0.25, 0.3) is 0 Å². The SMILES string of the molecule is CCCC(CC)S(=O)(=O)C[C@H](NC(=O)c1ccccc1C)C(=O)N[C@@H](Cc1cc(F)cc(F)c1)[C@H](O)CNCc1cccc(CC)c1. The molecule has 0 spiro atoms. The monoisotopic (exact) mass is 671 g/mol. The maximum Gasteiger partial charge on any atom is 0.252 e. The molecule has 1 unspecified atom stereocenters. The Bertz CT molecular complexity index is 1580. The third kappa shape index (κ3) is 11.5. The van der Waals surface area contributed by atoms with Crippen molar-refractivity contribution >= 4 is 21.7 Å². The second-order valence-electron chi connectivity index (χ2n) is 12.0. The molecule has 11 heteroatoms. The molecular formula is C36H47F2N3O5S. The highest BCUT2D eigenvalue weighted by Crippen LogP contribution is 2.17. The Kier molecular flexibility index (Phi) is 14.5. The molecule has 0 heterocycles. The molecule has 3 aromatic carbocycles. The average molecular weight is 672 g/mol. The number of carbonyl (C=O) groups is 2. The highest BCUT2D eigenvalue weighted by Gasteiger charge is 2.34. The third-order valence-electron chi connectivity index (χ3n) is 8.24. The number of nitrogens with one attached hydrogen (secondary N) is 3. The smallest absolute Gasteiger partial charge is 0.252 e. The van der Waals surface area contributed by atoms with Crippen molar-refractivity contribution in [3.63, 3.8) is 0 Å². The summed E-state index contributed by atoms with van der Waals surface area (Å²) >= 11 is 0. The van der Waals surface area contributed by atoms with Crippen molar-refractivity contribution in [3.05, 3.63) is 106 Å². The summed E-state index contributed by atoms with van der Waals surface area (Å²) in [7, 11) is -3.84. The zero-order chi connectivity index (χ0) is 34.6. The van der Waals surface area contributed by atoms with E-state index in [0.29, 0.717) is 31.4 Å². The molecule has 0 radical (unpaired) electrons. The first-order valence-corrected chi connectivity index (χ1v) is 17.9. The van der Waals surface area contributed by atoms with Gasteiger partial charge in [0.1, 0.15) is 17.7 Å². The lowest BCUT2D eigenvalue weighted by molar-refractivity contribution is -0.124. The van der Waals surface area contributed by atoms with Gasteiger partial charge in [0, 0.05) is 24.7 Å². The van der Waals surface area contributed by atoms with E-state index < -0.39 is 62.5 Å². The molecule has 47 heavy (non-hydrogen) atoms. The molecule has 8 nitrogen and oxygen atoms in total. The summed E-state index contributed by atoms with van der Waals surface area (Å²) < 4.78 is 55.2. The van der Waals surface area contributed by atoms with Crippen LogP contribution in [0.4, 0.5) is 8.78 Å². The quantitative estimate of drug-likeness (QED) is 0.154. The number of aliphatic hydroxyl groups is 1. The summed E-state index contributed by atoms with van der Waals surface area (Å²) in [5, 5.41) is 19.0. The first-order valence-electron chi connectivity index (χ1n) is 16.2. The van der Waals surface area contributed by atoms with Crippen molar-refractivity contribution in [2.75, 3.05) is 12.3 Å². The number of hydrogen-bond donors (Lipinski definition) is 4. The van der Waals surface area contributed by atoms with Crippen LogP contribution in [-0.4, -0.2) is 61.1 Å². The van der Waals surface area contributed by atoms with Crippen molar-refractivity contribution < 1.29 is 31.9 Å². The maximum atomic E-state index is 14.1. The predicted octanol–water partition coefficient (Wildman–Crippen LogP) is 4.81. The third-order valence-corrected chi connectivity index (χ3v) is 10.6. The van der Waals surface area contributed by atoms with Crippen LogP contribution < -0.4 is 16.0 Å². The molecule has 256 valence electrons. The Hall–Kier alpha value is -3.67. The minimum atomic E-state index is -3.84. The fraction of sp³-hybridized carbons (Fsp3) is 0.444. The number of aliphatic hydroxyl groups excluding tert-OH is 1. The molecule has 3 rings (SSSR count). The minimum Gasteiger partial charge on any atom is -0.390 e. The van der Waals surface area contributed by atoms with Gasteiger partial charge in [-0.1, -0.05) is 69.7 Å². The summed E-state index contributed by atoms with van der Waals surface area (Å²) in [6.45, 7) is 7.83. The van der Waals surface area contributed by atoms with Crippen molar-refractivity contribution in [1.82, 2.24) is 16.0 Å². The first-order chi connectivity index (χ1) is 22.4. The van der Waals surface area contributed by atoms with Gasteiger partial charge < -0.3 is 21.1 Å². The highest BCUT2D eigenvalue weighted by molar-refractivity contribution is 7.92. The average Bonchev–Trinajstić information content (AvgIpc) is 3.02. The molecule has 0 aliphatic rings. The Labute approximate surface area is 277 Å². The molecule has 3 aromatic rings. The van der Waals surface area contributed by atoms with Gasteiger partial charge in [0.05, 0.1) is 23.1 Å². The molecule has 4 N–H and O–H groups in total. The summed E-state index contributed by atoms with van der Waals surface area (Å²) in [6, 6.07) is 15.0. The van der Waals surface area contributed by atoms with Crippen molar-refractivity contribution in [2.24, 2.45) is 0 Å². The number of halogens is 2. The van der Waals surface area contributed by atoms with E-state index in [9.17, 15) is 31.9 Å². The van der Waals surface area contributed by atoms with E-state index in [1.165, 1.54) is 0 Å². The molecule has 0 saturated carbocycles. The topological polar surface area (TPSA) is 125 Å². The minimum absolute atomic E-state index is 0.00599. The Morgan fingerprint density at radius 3 is 2.19 bits per heavy atom. The van der Waals surface area contributed by atoms with Crippen LogP contribution in [0.3, 0.4) is 0 Å². The number of carbonyl (C=O) groups excluding carboxylic acids is 2. The van der Waals surface area contributed by atoms with E-state index in [-0.39, 0.29) is 24.1 Å². The molecule has 0 aromatic heterocycles. The van der Waals surface area contributed by atoms with Gasteiger partial charge in [0.15, 0.2) is 9.84 Å². The lowest BCUT2D eigenvalue weighted by Crippen LogP contribution is -2.57. The van der Waals surface area contributed by atoms with Crippen LogP contribution in [-0.2, 0) is 34.0 Å². The Morgan fingerprint density at radius 2 is 1.55 bits per heavy atom. The molecular weight excluding hydrogens is 624 g/mol. The van der Waals surface area contributed by atoms with Crippen molar-refractivity contribution in [2.45, 2.75) is 89.8 Å². The number of hydrogen-bond acceptors (Lipinski definition) is 6. The first kappa shape index (κ1) is 37.8. The second-order valence-corrected chi connectivity index (χ2v) is 14.3. The molecule has 4 atom stereocenters. The van der Waals surface area contributed by atoms with E-state index in [1.807, 2.05) is 38.1 Å². The van der Waals surface area contributed by atoms with E-state index in [2.05, 4.69) is 16.0 Å². The Morgan fingerprint density at radius 1 is 0.872 bits per heavy atom.